The third kappa shape index (κ3) is 2.85. The van der Waals surface area contributed by atoms with Crippen LogP contribution in [-0.2, 0) is 13.0 Å². The fraction of sp³-hybridized carbons (Fsp3) is 0.222. The molecule has 0 aliphatic carbocycles. The molecule has 2 nitrogen and oxygen atoms in total. The van der Waals surface area contributed by atoms with Crippen molar-refractivity contribution in [3.05, 3.63) is 71.4 Å². The molecule has 0 bridgehead atoms. The summed E-state index contributed by atoms with van der Waals surface area (Å²) in [5, 5.41) is 2.12. The highest BCUT2D eigenvalue weighted by molar-refractivity contribution is 5.56. The van der Waals surface area contributed by atoms with Gasteiger partial charge in [-0.25, -0.2) is 0 Å². The summed E-state index contributed by atoms with van der Waals surface area (Å²) in [5.74, 6) is 0. The van der Waals surface area contributed by atoms with Gasteiger partial charge in [-0.15, -0.1) is 0 Å². The van der Waals surface area contributed by atoms with Gasteiger partial charge in [-0.2, -0.15) is 0 Å². The lowest BCUT2D eigenvalue weighted by Gasteiger charge is -2.26. The zero-order chi connectivity index (χ0) is 13.8. The van der Waals surface area contributed by atoms with Gasteiger partial charge in [0.05, 0.1) is 12.2 Å². The monoisotopic (exact) mass is 264 g/mol. The van der Waals surface area contributed by atoms with Gasteiger partial charge in [0.25, 0.3) is 0 Å². The lowest BCUT2D eigenvalue weighted by Crippen LogP contribution is -2.26. The summed E-state index contributed by atoms with van der Waals surface area (Å²) in [7, 11) is 0. The number of benzene rings is 2. The molecule has 0 saturated carbocycles. The molecule has 102 valence electrons. The summed E-state index contributed by atoms with van der Waals surface area (Å²) >= 11 is 0. The van der Waals surface area contributed by atoms with Gasteiger partial charge in [-0.1, -0.05) is 49.7 Å². The third-order valence-electron chi connectivity index (χ3n) is 3.60. The number of hydrazine groups is 1. The van der Waals surface area contributed by atoms with E-state index in [1.807, 2.05) is 0 Å². The molecule has 1 aliphatic rings. The predicted octanol–water partition coefficient (Wildman–Crippen LogP) is 4.45. The van der Waals surface area contributed by atoms with Gasteiger partial charge < -0.3 is 0 Å². The lowest BCUT2D eigenvalue weighted by atomic mass is 10.1. The van der Waals surface area contributed by atoms with E-state index >= 15 is 0 Å². The molecular formula is C18H20N2. The summed E-state index contributed by atoms with van der Waals surface area (Å²) in [5.41, 5.74) is 8.63. The van der Waals surface area contributed by atoms with Gasteiger partial charge in [-0.05, 0) is 41.3 Å². The SMILES string of the molecule is CCCc1ccc(NN2C=Cc3ccccc3C2)cc1. The molecular weight excluding hydrogens is 244 g/mol. The fourth-order valence-electron chi connectivity index (χ4n) is 2.52. The number of nitrogens with zero attached hydrogens (tertiary/aromatic N) is 1. The first kappa shape index (κ1) is 12.8. The van der Waals surface area contributed by atoms with Crippen molar-refractivity contribution in [1.82, 2.24) is 5.01 Å². The highest BCUT2D eigenvalue weighted by Gasteiger charge is 2.09. The molecule has 0 radical (unpaired) electrons. The van der Waals surface area contributed by atoms with E-state index in [4.69, 9.17) is 0 Å². The van der Waals surface area contributed by atoms with Gasteiger partial charge >= 0.3 is 0 Å². The Kier molecular flexibility index (Phi) is 3.73. The molecule has 1 aliphatic heterocycles. The van der Waals surface area contributed by atoms with E-state index in [1.165, 1.54) is 23.1 Å². The van der Waals surface area contributed by atoms with Crippen molar-refractivity contribution >= 4 is 11.8 Å². The zero-order valence-corrected chi connectivity index (χ0v) is 11.8. The second-order valence-electron chi connectivity index (χ2n) is 5.20. The van der Waals surface area contributed by atoms with E-state index in [0.29, 0.717) is 0 Å². The Bertz CT molecular complexity index is 599. The van der Waals surface area contributed by atoms with Crippen LogP contribution < -0.4 is 5.43 Å². The third-order valence-corrected chi connectivity index (χ3v) is 3.60. The Morgan fingerprint density at radius 2 is 1.85 bits per heavy atom. The first-order chi connectivity index (χ1) is 9.85. The summed E-state index contributed by atoms with van der Waals surface area (Å²) in [4.78, 5) is 0. The van der Waals surface area contributed by atoms with Crippen LogP contribution in [0.15, 0.2) is 54.7 Å². The molecule has 1 heterocycles. The molecule has 0 aromatic heterocycles. The highest BCUT2D eigenvalue weighted by atomic mass is 15.5. The second kappa shape index (κ2) is 5.83. The average molecular weight is 264 g/mol. The summed E-state index contributed by atoms with van der Waals surface area (Å²) < 4.78 is 0. The minimum Gasteiger partial charge on any atom is -0.299 e. The molecule has 3 rings (SSSR count). The van der Waals surface area contributed by atoms with Gasteiger partial charge in [0.2, 0.25) is 0 Å². The number of hydrogen-bond donors (Lipinski definition) is 1. The minimum atomic E-state index is 0.892. The van der Waals surface area contributed by atoms with E-state index in [1.54, 1.807) is 0 Å². The van der Waals surface area contributed by atoms with Crippen LogP contribution in [0.4, 0.5) is 5.69 Å². The molecule has 2 aromatic carbocycles. The highest BCUT2D eigenvalue weighted by Crippen LogP contribution is 2.20. The standard InChI is InChI=1S/C18H20N2/c1-2-5-15-8-10-18(11-9-15)19-20-13-12-16-6-3-4-7-17(16)14-20/h3-4,6-13,19H,2,5,14H2,1H3. The first-order valence-electron chi connectivity index (χ1n) is 7.23. The van der Waals surface area contributed by atoms with Crippen molar-refractivity contribution in [3.63, 3.8) is 0 Å². The number of rotatable bonds is 4. The Morgan fingerprint density at radius 1 is 1.05 bits per heavy atom. The zero-order valence-electron chi connectivity index (χ0n) is 11.8. The van der Waals surface area contributed by atoms with E-state index in [-0.39, 0.29) is 0 Å². The van der Waals surface area contributed by atoms with Crippen molar-refractivity contribution in [1.29, 1.82) is 0 Å². The summed E-state index contributed by atoms with van der Waals surface area (Å²) in [6, 6.07) is 17.2. The maximum Gasteiger partial charge on any atom is 0.0643 e. The first-order valence-corrected chi connectivity index (χ1v) is 7.23. The summed E-state index contributed by atoms with van der Waals surface area (Å²) in [6.45, 7) is 3.10. The Morgan fingerprint density at radius 3 is 2.65 bits per heavy atom. The van der Waals surface area contributed by atoms with E-state index in [0.717, 1.165) is 18.7 Å². The van der Waals surface area contributed by atoms with Gasteiger partial charge in [0, 0.05) is 6.20 Å². The van der Waals surface area contributed by atoms with E-state index in [2.05, 4.69) is 78.2 Å². The summed E-state index contributed by atoms with van der Waals surface area (Å²) in [6.07, 6.45) is 6.59. The van der Waals surface area contributed by atoms with E-state index < -0.39 is 0 Å². The fourth-order valence-corrected chi connectivity index (χ4v) is 2.52. The number of anilines is 1. The minimum absolute atomic E-state index is 0.892. The van der Waals surface area contributed by atoms with Gasteiger partial charge in [0.15, 0.2) is 0 Å². The molecule has 0 amide bonds. The number of nitrogens with one attached hydrogen (secondary N) is 1. The number of fused-ring (bicyclic) bond motifs is 1. The molecule has 20 heavy (non-hydrogen) atoms. The maximum absolute atomic E-state index is 3.44. The molecule has 0 saturated heterocycles. The van der Waals surface area contributed by atoms with Crippen LogP contribution in [0.25, 0.3) is 6.08 Å². The smallest absolute Gasteiger partial charge is 0.0643 e. The molecule has 0 fully saturated rings. The molecule has 2 aromatic rings. The van der Waals surface area contributed by atoms with Crippen LogP contribution in [0, 0.1) is 0 Å². The van der Waals surface area contributed by atoms with Crippen LogP contribution in [0.5, 0.6) is 0 Å². The molecule has 1 N–H and O–H groups in total. The second-order valence-corrected chi connectivity index (χ2v) is 5.20. The topological polar surface area (TPSA) is 15.3 Å². The normalized spacial score (nSPS) is 13.2. The van der Waals surface area contributed by atoms with Crippen LogP contribution in [0.3, 0.4) is 0 Å². The number of hydrogen-bond acceptors (Lipinski definition) is 2. The van der Waals surface area contributed by atoms with Crippen LogP contribution in [-0.4, -0.2) is 5.01 Å². The largest absolute Gasteiger partial charge is 0.299 e. The number of aryl methyl sites for hydroxylation is 1. The maximum atomic E-state index is 3.44. The van der Waals surface area contributed by atoms with Crippen LogP contribution in [0.1, 0.15) is 30.0 Å². The lowest BCUT2D eigenvalue weighted by molar-refractivity contribution is 0.440. The van der Waals surface area contributed by atoms with Gasteiger partial charge in [0.1, 0.15) is 0 Å². The van der Waals surface area contributed by atoms with Crippen LogP contribution >= 0.6 is 0 Å². The van der Waals surface area contributed by atoms with Crippen molar-refractivity contribution in [2.24, 2.45) is 0 Å². The molecule has 0 unspecified atom stereocenters. The molecule has 2 heteroatoms. The van der Waals surface area contributed by atoms with E-state index in [9.17, 15) is 0 Å². The predicted molar refractivity (Wildman–Crippen MR) is 85.1 cm³/mol. The Labute approximate surface area is 120 Å². The van der Waals surface area contributed by atoms with Crippen LogP contribution in [0.2, 0.25) is 0 Å². The van der Waals surface area contributed by atoms with Crippen molar-refractivity contribution in [2.45, 2.75) is 26.3 Å². The quantitative estimate of drug-likeness (QED) is 0.877. The Balaban J connectivity index is 1.67. The van der Waals surface area contributed by atoms with Gasteiger partial charge in [-0.3, -0.25) is 10.4 Å². The Hall–Kier alpha value is -2.22. The molecule has 0 spiro atoms. The van der Waals surface area contributed by atoms with Crippen molar-refractivity contribution < 1.29 is 0 Å². The molecule has 0 atom stereocenters. The van der Waals surface area contributed by atoms with Crippen molar-refractivity contribution in [2.75, 3.05) is 5.43 Å². The van der Waals surface area contributed by atoms with Crippen molar-refractivity contribution in [3.8, 4) is 0 Å². The average Bonchev–Trinajstić information content (AvgIpc) is 2.49.